The van der Waals surface area contributed by atoms with Crippen molar-refractivity contribution in [2.24, 2.45) is 0 Å². The molecule has 1 atom stereocenters. The Kier molecular flexibility index (Phi) is 6.30. The molecule has 0 aliphatic heterocycles. The van der Waals surface area contributed by atoms with Crippen molar-refractivity contribution >= 4 is 29.0 Å². The van der Waals surface area contributed by atoms with Gasteiger partial charge in [0.2, 0.25) is 0 Å². The average molecular weight is 342 g/mol. The van der Waals surface area contributed by atoms with Gasteiger partial charge in [-0.1, -0.05) is 11.6 Å². The minimum Gasteiger partial charge on any atom is -0.468 e. The first-order valence-electron chi connectivity index (χ1n) is 7.02. The summed E-state index contributed by atoms with van der Waals surface area (Å²) in [6.45, 7) is 1.06. The molecule has 2 aromatic heterocycles. The van der Waals surface area contributed by atoms with Crippen molar-refractivity contribution in [2.45, 2.75) is 12.5 Å². The molecule has 0 fully saturated rings. The van der Waals surface area contributed by atoms with E-state index in [4.69, 9.17) is 16.0 Å². The molecule has 0 spiro atoms. The predicted octanol–water partition coefficient (Wildman–Crippen LogP) is 3.14. The van der Waals surface area contributed by atoms with Crippen molar-refractivity contribution in [2.75, 3.05) is 27.2 Å². The Morgan fingerprint density at radius 1 is 1.36 bits per heavy atom. The second-order valence-corrected chi connectivity index (χ2v) is 6.89. The van der Waals surface area contributed by atoms with Crippen molar-refractivity contribution in [3.05, 3.63) is 45.5 Å². The van der Waals surface area contributed by atoms with E-state index < -0.39 is 0 Å². The quantitative estimate of drug-likeness (QED) is 0.813. The summed E-state index contributed by atoms with van der Waals surface area (Å²) in [6.07, 6.45) is 2.41. The van der Waals surface area contributed by atoms with Crippen LogP contribution in [0.3, 0.4) is 0 Å². The van der Waals surface area contributed by atoms with Crippen LogP contribution in [0.1, 0.15) is 16.7 Å². The molecule has 7 heteroatoms. The molecule has 2 N–H and O–H groups in total. The maximum absolute atomic E-state index is 11.8. The van der Waals surface area contributed by atoms with E-state index in [-0.39, 0.29) is 12.1 Å². The zero-order chi connectivity index (χ0) is 15.9. The largest absolute Gasteiger partial charge is 0.468 e. The van der Waals surface area contributed by atoms with Gasteiger partial charge in [0, 0.05) is 18.0 Å². The number of nitrogens with zero attached hydrogens (tertiary/aromatic N) is 1. The lowest BCUT2D eigenvalue weighted by molar-refractivity contribution is 0.225. The fraction of sp³-hybridized carbons (Fsp3) is 0.400. The van der Waals surface area contributed by atoms with E-state index in [1.54, 1.807) is 6.26 Å². The molecule has 120 valence electrons. The molecule has 0 saturated carbocycles. The monoisotopic (exact) mass is 341 g/mol. The summed E-state index contributed by atoms with van der Waals surface area (Å²) < 4.78 is 6.18. The van der Waals surface area contributed by atoms with Gasteiger partial charge in [-0.3, -0.25) is 4.90 Å². The molecular weight excluding hydrogens is 322 g/mol. The Morgan fingerprint density at radius 3 is 2.77 bits per heavy atom. The fourth-order valence-electron chi connectivity index (χ4n) is 2.06. The van der Waals surface area contributed by atoms with E-state index in [1.807, 2.05) is 43.3 Å². The third kappa shape index (κ3) is 5.05. The molecule has 0 unspecified atom stereocenters. The Morgan fingerprint density at radius 2 is 2.18 bits per heavy atom. The van der Waals surface area contributed by atoms with Crippen LogP contribution in [0.2, 0.25) is 4.34 Å². The van der Waals surface area contributed by atoms with Gasteiger partial charge in [-0.2, -0.15) is 0 Å². The second-order valence-electron chi connectivity index (χ2n) is 5.09. The molecule has 2 rings (SSSR count). The van der Waals surface area contributed by atoms with Gasteiger partial charge < -0.3 is 15.1 Å². The van der Waals surface area contributed by atoms with Crippen molar-refractivity contribution in [3.8, 4) is 0 Å². The molecule has 0 saturated heterocycles. The van der Waals surface area contributed by atoms with Crippen molar-refractivity contribution in [1.82, 2.24) is 15.5 Å². The van der Waals surface area contributed by atoms with Gasteiger partial charge in [-0.25, -0.2) is 4.79 Å². The van der Waals surface area contributed by atoms with Crippen molar-refractivity contribution in [1.29, 1.82) is 0 Å². The van der Waals surface area contributed by atoms with Gasteiger partial charge in [0.15, 0.2) is 0 Å². The van der Waals surface area contributed by atoms with Gasteiger partial charge in [0.05, 0.1) is 16.6 Å². The Balaban J connectivity index is 1.72. The molecule has 0 aromatic carbocycles. The SMILES string of the molecule is CN(C)[C@@H](CNC(=O)NCCc1ccc(Cl)s1)c1ccco1. The highest BCUT2D eigenvalue weighted by molar-refractivity contribution is 7.16. The number of hydrogen-bond acceptors (Lipinski definition) is 4. The van der Waals surface area contributed by atoms with Crippen LogP contribution >= 0.6 is 22.9 Å². The molecule has 2 amide bonds. The number of urea groups is 1. The molecule has 0 bridgehead atoms. The first-order valence-corrected chi connectivity index (χ1v) is 8.21. The first-order chi connectivity index (χ1) is 10.6. The number of carbonyl (C=O) groups excluding carboxylic acids is 1. The minimum atomic E-state index is -0.180. The minimum absolute atomic E-state index is 0.0110. The summed E-state index contributed by atoms with van der Waals surface area (Å²) in [4.78, 5) is 15.0. The number of amides is 2. The zero-order valence-electron chi connectivity index (χ0n) is 12.6. The highest BCUT2D eigenvalue weighted by Gasteiger charge is 2.17. The van der Waals surface area contributed by atoms with Crippen LogP contribution in [0.4, 0.5) is 4.79 Å². The van der Waals surface area contributed by atoms with E-state index in [0.717, 1.165) is 21.4 Å². The van der Waals surface area contributed by atoms with Crippen LogP contribution in [0.5, 0.6) is 0 Å². The zero-order valence-corrected chi connectivity index (χ0v) is 14.2. The normalized spacial score (nSPS) is 12.4. The first kappa shape index (κ1) is 16.9. The van der Waals surface area contributed by atoms with Gasteiger partial charge >= 0.3 is 6.03 Å². The molecule has 0 aliphatic carbocycles. The van der Waals surface area contributed by atoms with Gasteiger partial charge in [-0.05, 0) is 44.8 Å². The van der Waals surface area contributed by atoms with Crippen LogP contribution in [0.25, 0.3) is 0 Å². The van der Waals surface area contributed by atoms with Crippen molar-refractivity contribution in [3.63, 3.8) is 0 Å². The Hall–Kier alpha value is -1.50. The third-order valence-corrected chi connectivity index (χ3v) is 4.53. The number of nitrogens with one attached hydrogen (secondary N) is 2. The lowest BCUT2D eigenvalue weighted by Gasteiger charge is -2.22. The second kappa shape index (κ2) is 8.22. The fourth-order valence-corrected chi connectivity index (χ4v) is 3.14. The van der Waals surface area contributed by atoms with E-state index >= 15 is 0 Å². The summed E-state index contributed by atoms with van der Waals surface area (Å²) >= 11 is 7.40. The molecule has 2 heterocycles. The molecule has 5 nitrogen and oxygen atoms in total. The number of furan rings is 1. The maximum Gasteiger partial charge on any atom is 0.314 e. The summed E-state index contributed by atoms with van der Waals surface area (Å²) in [7, 11) is 3.90. The molecular formula is C15H20ClN3O2S. The maximum atomic E-state index is 11.8. The predicted molar refractivity (Wildman–Crippen MR) is 89.6 cm³/mol. The number of thiophene rings is 1. The molecule has 0 radical (unpaired) electrons. The van der Waals surface area contributed by atoms with Gasteiger partial charge in [-0.15, -0.1) is 11.3 Å². The van der Waals surface area contributed by atoms with E-state index in [0.29, 0.717) is 13.1 Å². The highest BCUT2D eigenvalue weighted by Crippen LogP contribution is 2.21. The Labute approximate surface area is 139 Å². The van der Waals surface area contributed by atoms with Crippen LogP contribution in [0.15, 0.2) is 34.9 Å². The summed E-state index contributed by atoms with van der Waals surface area (Å²) in [5, 5.41) is 5.71. The summed E-state index contributed by atoms with van der Waals surface area (Å²) in [5.41, 5.74) is 0. The van der Waals surface area contributed by atoms with Gasteiger partial charge in [0.25, 0.3) is 0 Å². The van der Waals surface area contributed by atoms with Gasteiger partial charge in [0.1, 0.15) is 5.76 Å². The van der Waals surface area contributed by atoms with E-state index in [1.165, 1.54) is 11.3 Å². The van der Waals surface area contributed by atoms with Crippen LogP contribution < -0.4 is 10.6 Å². The molecule has 0 aliphatic rings. The standard InChI is InChI=1S/C15H20ClN3O2S/c1-19(2)12(13-4-3-9-21-13)10-18-15(20)17-8-7-11-5-6-14(16)22-11/h3-6,9,12H,7-8,10H2,1-2H3,(H2,17,18,20)/t12-/m0/s1. The van der Waals surface area contributed by atoms with Crippen LogP contribution in [-0.2, 0) is 6.42 Å². The lowest BCUT2D eigenvalue weighted by Crippen LogP contribution is -2.41. The topological polar surface area (TPSA) is 57.5 Å². The Bertz CT molecular complexity index is 583. The summed E-state index contributed by atoms with van der Waals surface area (Å²) in [5.74, 6) is 0.832. The highest BCUT2D eigenvalue weighted by atomic mass is 35.5. The third-order valence-electron chi connectivity index (χ3n) is 3.24. The number of carbonyl (C=O) groups is 1. The number of likely N-dealkylation sites (N-methyl/N-ethyl adjacent to an activating group) is 1. The summed E-state index contributed by atoms with van der Waals surface area (Å²) in [6, 6.07) is 7.43. The van der Waals surface area contributed by atoms with E-state index in [9.17, 15) is 4.79 Å². The number of halogens is 1. The smallest absolute Gasteiger partial charge is 0.314 e. The van der Waals surface area contributed by atoms with Crippen LogP contribution in [-0.4, -0.2) is 38.1 Å². The molecule has 22 heavy (non-hydrogen) atoms. The average Bonchev–Trinajstić information content (AvgIpc) is 3.11. The number of hydrogen-bond donors (Lipinski definition) is 2. The van der Waals surface area contributed by atoms with Crippen molar-refractivity contribution < 1.29 is 9.21 Å². The van der Waals surface area contributed by atoms with E-state index in [2.05, 4.69) is 10.6 Å². The van der Waals surface area contributed by atoms with Crippen LogP contribution in [0, 0.1) is 0 Å². The molecule has 2 aromatic rings. The number of rotatable bonds is 7. The lowest BCUT2D eigenvalue weighted by atomic mass is 10.2.